The average molecular weight is 225 g/mol. The Morgan fingerprint density at radius 2 is 2.12 bits per heavy atom. The lowest BCUT2D eigenvalue weighted by Crippen LogP contribution is -2.47. The zero-order valence-corrected chi connectivity index (χ0v) is 9.37. The molecular formula is C11H19N3O2. The Morgan fingerprint density at radius 3 is 2.75 bits per heavy atom. The number of amides is 2. The van der Waals surface area contributed by atoms with Crippen LogP contribution in [-0.4, -0.2) is 30.4 Å². The fourth-order valence-corrected chi connectivity index (χ4v) is 2.50. The second-order valence-corrected chi connectivity index (χ2v) is 4.77. The topological polar surface area (TPSA) is 84.2 Å². The van der Waals surface area contributed by atoms with Crippen molar-refractivity contribution in [3.05, 3.63) is 0 Å². The van der Waals surface area contributed by atoms with E-state index in [1.165, 1.54) is 0 Å². The maximum absolute atomic E-state index is 11.9. The van der Waals surface area contributed by atoms with E-state index in [-0.39, 0.29) is 29.8 Å². The van der Waals surface area contributed by atoms with Gasteiger partial charge in [0.1, 0.15) is 0 Å². The summed E-state index contributed by atoms with van der Waals surface area (Å²) in [7, 11) is 0. The van der Waals surface area contributed by atoms with Crippen LogP contribution in [0.15, 0.2) is 0 Å². The molecule has 1 saturated carbocycles. The largest absolute Gasteiger partial charge is 0.354 e. The first-order valence-corrected chi connectivity index (χ1v) is 5.99. The second-order valence-electron chi connectivity index (χ2n) is 4.77. The van der Waals surface area contributed by atoms with Crippen molar-refractivity contribution in [3.8, 4) is 0 Å². The van der Waals surface area contributed by atoms with Gasteiger partial charge in [-0.3, -0.25) is 9.59 Å². The molecule has 2 rings (SSSR count). The molecule has 3 unspecified atom stereocenters. The van der Waals surface area contributed by atoms with Crippen LogP contribution in [0.25, 0.3) is 0 Å². The van der Waals surface area contributed by atoms with Crippen LogP contribution in [0, 0.1) is 5.92 Å². The van der Waals surface area contributed by atoms with Crippen molar-refractivity contribution in [2.45, 2.75) is 44.2 Å². The number of nitrogens with two attached hydrogens (primary N) is 1. The van der Waals surface area contributed by atoms with Crippen LogP contribution >= 0.6 is 0 Å². The molecule has 0 aromatic rings. The molecule has 0 aromatic heterocycles. The van der Waals surface area contributed by atoms with Gasteiger partial charge in [-0.2, -0.15) is 0 Å². The summed E-state index contributed by atoms with van der Waals surface area (Å²) in [5.41, 5.74) is 5.94. The van der Waals surface area contributed by atoms with Crippen LogP contribution in [0.5, 0.6) is 0 Å². The zero-order chi connectivity index (χ0) is 11.5. The molecule has 90 valence electrons. The van der Waals surface area contributed by atoms with Gasteiger partial charge in [-0.1, -0.05) is 12.8 Å². The van der Waals surface area contributed by atoms with E-state index in [0.29, 0.717) is 13.0 Å². The second kappa shape index (κ2) is 4.82. The quantitative estimate of drug-likeness (QED) is 0.593. The van der Waals surface area contributed by atoms with Crippen molar-refractivity contribution in [1.82, 2.24) is 10.6 Å². The smallest absolute Gasteiger partial charge is 0.224 e. The molecule has 5 nitrogen and oxygen atoms in total. The van der Waals surface area contributed by atoms with Crippen LogP contribution in [-0.2, 0) is 9.59 Å². The molecule has 3 atom stereocenters. The highest BCUT2D eigenvalue weighted by atomic mass is 16.2. The van der Waals surface area contributed by atoms with E-state index < -0.39 is 0 Å². The van der Waals surface area contributed by atoms with E-state index in [0.717, 1.165) is 25.7 Å². The van der Waals surface area contributed by atoms with Crippen LogP contribution in [0.4, 0.5) is 0 Å². The Bertz CT molecular complexity index is 293. The molecule has 1 heterocycles. The molecule has 0 aromatic carbocycles. The minimum absolute atomic E-state index is 0.0123. The van der Waals surface area contributed by atoms with E-state index in [9.17, 15) is 9.59 Å². The average Bonchev–Trinajstić information content (AvgIpc) is 2.64. The molecular weight excluding hydrogens is 206 g/mol. The molecule has 1 saturated heterocycles. The van der Waals surface area contributed by atoms with Crippen molar-refractivity contribution >= 4 is 11.8 Å². The molecule has 2 fully saturated rings. The minimum Gasteiger partial charge on any atom is -0.354 e. The Morgan fingerprint density at radius 1 is 1.38 bits per heavy atom. The fraction of sp³-hybridized carbons (Fsp3) is 0.818. The van der Waals surface area contributed by atoms with Gasteiger partial charge in [-0.15, -0.1) is 0 Å². The normalized spacial score (nSPS) is 34.6. The standard InChI is InChI=1S/C11H19N3O2/c12-9-4-2-1-3-8(9)11(16)14-7-5-10(15)13-6-7/h7-9H,1-6,12H2,(H,13,15)(H,14,16). The third-order valence-electron chi connectivity index (χ3n) is 3.48. The van der Waals surface area contributed by atoms with Crippen LogP contribution < -0.4 is 16.4 Å². The van der Waals surface area contributed by atoms with Gasteiger partial charge in [0, 0.05) is 19.0 Å². The molecule has 16 heavy (non-hydrogen) atoms. The molecule has 0 radical (unpaired) electrons. The third kappa shape index (κ3) is 2.52. The van der Waals surface area contributed by atoms with E-state index >= 15 is 0 Å². The van der Waals surface area contributed by atoms with E-state index in [4.69, 9.17) is 5.73 Å². The first kappa shape index (κ1) is 11.4. The van der Waals surface area contributed by atoms with Gasteiger partial charge in [0.2, 0.25) is 11.8 Å². The number of nitrogens with one attached hydrogen (secondary N) is 2. The number of carbonyl (C=O) groups is 2. The molecule has 0 bridgehead atoms. The van der Waals surface area contributed by atoms with Crippen LogP contribution in [0.1, 0.15) is 32.1 Å². The Labute approximate surface area is 95.1 Å². The van der Waals surface area contributed by atoms with Crippen molar-refractivity contribution in [2.75, 3.05) is 6.54 Å². The third-order valence-corrected chi connectivity index (χ3v) is 3.48. The first-order valence-electron chi connectivity index (χ1n) is 5.99. The van der Waals surface area contributed by atoms with Crippen molar-refractivity contribution in [2.24, 2.45) is 11.7 Å². The zero-order valence-electron chi connectivity index (χ0n) is 9.37. The molecule has 2 amide bonds. The highest BCUT2D eigenvalue weighted by Crippen LogP contribution is 2.23. The summed E-state index contributed by atoms with van der Waals surface area (Å²) in [6.07, 6.45) is 4.40. The minimum atomic E-state index is -0.0653. The molecule has 1 aliphatic carbocycles. The Balaban J connectivity index is 1.84. The van der Waals surface area contributed by atoms with Gasteiger partial charge in [-0.05, 0) is 12.8 Å². The maximum Gasteiger partial charge on any atom is 0.224 e. The van der Waals surface area contributed by atoms with E-state index in [1.54, 1.807) is 0 Å². The molecule has 4 N–H and O–H groups in total. The highest BCUT2D eigenvalue weighted by molar-refractivity contribution is 5.83. The van der Waals surface area contributed by atoms with Crippen molar-refractivity contribution < 1.29 is 9.59 Å². The summed E-state index contributed by atoms with van der Waals surface area (Å²) in [5, 5.41) is 5.61. The first-order chi connectivity index (χ1) is 7.66. The van der Waals surface area contributed by atoms with Gasteiger partial charge >= 0.3 is 0 Å². The molecule has 2 aliphatic rings. The van der Waals surface area contributed by atoms with Gasteiger partial charge < -0.3 is 16.4 Å². The Hall–Kier alpha value is -1.10. The maximum atomic E-state index is 11.9. The number of carbonyl (C=O) groups excluding carboxylic acids is 2. The van der Waals surface area contributed by atoms with Crippen LogP contribution in [0.3, 0.4) is 0 Å². The van der Waals surface area contributed by atoms with Crippen molar-refractivity contribution in [1.29, 1.82) is 0 Å². The van der Waals surface area contributed by atoms with Gasteiger partial charge in [0.05, 0.1) is 12.0 Å². The summed E-state index contributed by atoms with van der Waals surface area (Å²) in [4.78, 5) is 22.9. The fourth-order valence-electron chi connectivity index (χ4n) is 2.50. The molecule has 0 spiro atoms. The van der Waals surface area contributed by atoms with E-state index in [2.05, 4.69) is 10.6 Å². The van der Waals surface area contributed by atoms with E-state index in [1.807, 2.05) is 0 Å². The highest BCUT2D eigenvalue weighted by Gasteiger charge is 2.31. The molecule has 5 heteroatoms. The van der Waals surface area contributed by atoms with Crippen LogP contribution in [0.2, 0.25) is 0 Å². The SMILES string of the molecule is NC1CCCCC1C(=O)NC1CNC(=O)C1. The lowest BCUT2D eigenvalue weighted by Gasteiger charge is -2.28. The summed E-state index contributed by atoms with van der Waals surface area (Å²) >= 11 is 0. The van der Waals surface area contributed by atoms with Crippen molar-refractivity contribution in [3.63, 3.8) is 0 Å². The summed E-state index contributed by atoms with van der Waals surface area (Å²) in [6.45, 7) is 0.548. The molecule has 1 aliphatic heterocycles. The lowest BCUT2D eigenvalue weighted by atomic mass is 9.84. The number of rotatable bonds is 2. The van der Waals surface area contributed by atoms with Gasteiger partial charge in [0.25, 0.3) is 0 Å². The van der Waals surface area contributed by atoms with Gasteiger partial charge in [-0.25, -0.2) is 0 Å². The lowest BCUT2D eigenvalue weighted by molar-refractivity contribution is -0.127. The number of hydrogen-bond donors (Lipinski definition) is 3. The monoisotopic (exact) mass is 225 g/mol. The predicted octanol–water partition coefficient (Wildman–Crippen LogP) is -0.491. The summed E-state index contributed by atoms with van der Waals surface area (Å²) in [6, 6.07) is -0.0621. The van der Waals surface area contributed by atoms with Gasteiger partial charge in [0.15, 0.2) is 0 Å². The summed E-state index contributed by atoms with van der Waals surface area (Å²) < 4.78 is 0. The Kier molecular flexibility index (Phi) is 3.43. The summed E-state index contributed by atoms with van der Waals surface area (Å²) in [5.74, 6) is -0.0311. The number of hydrogen-bond acceptors (Lipinski definition) is 3. The predicted molar refractivity (Wildman–Crippen MR) is 59.5 cm³/mol.